The lowest BCUT2D eigenvalue weighted by molar-refractivity contribution is 0.264. The highest BCUT2D eigenvalue weighted by Crippen LogP contribution is 2.35. The minimum atomic E-state index is -1.97. The zero-order chi connectivity index (χ0) is 16.7. The average Bonchev–Trinajstić information content (AvgIpc) is 2.50. The molecule has 1 aromatic rings. The predicted molar refractivity (Wildman–Crippen MR) is 105 cm³/mol. The largest absolute Gasteiger partial charge is 0.505 e. The van der Waals surface area contributed by atoms with Crippen LogP contribution in [0.15, 0.2) is 18.2 Å². The molecule has 2 rings (SSSR count). The second kappa shape index (κ2) is 11.7. The Morgan fingerprint density at radius 3 is 2.67 bits per heavy atom. The maximum absolute atomic E-state index is 11.0. The summed E-state index contributed by atoms with van der Waals surface area (Å²) in [6.45, 7) is 1.78. The van der Waals surface area contributed by atoms with E-state index < -0.39 is 8.03 Å². The second-order valence-corrected chi connectivity index (χ2v) is 8.38. The van der Waals surface area contributed by atoms with Crippen molar-refractivity contribution in [1.29, 1.82) is 0 Å². The highest BCUT2D eigenvalue weighted by atomic mass is 35.5. The molecule has 3 nitrogen and oxygen atoms in total. The van der Waals surface area contributed by atoms with Gasteiger partial charge in [-0.15, -0.1) is 12.4 Å². The molecule has 24 heavy (non-hydrogen) atoms. The number of rotatable bonds is 8. The standard InChI is InChI=1S/C17H24Cl2NO2P.ClH/c18-16-7-6-14(10-17(16)19)11-20-8-2-5-13-3-1-4-15(9-13)12-23(21)22;/h6-7,10,13,15,20H,1-5,8-9,11-12H2;1H/p+1. The zero-order valence-corrected chi connectivity index (χ0v) is 16.9. The summed E-state index contributed by atoms with van der Waals surface area (Å²) in [6, 6.07) is 5.72. The Kier molecular flexibility index (Phi) is 10.8. The Morgan fingerprint density at radius 1 is 1.21 bits per heavy atom. The Hall–Kier alpha value is 0.110. The van der Waals surface area contributed by atoms with Crippen LogP contribution >= 0.6 is 43.6 Å². The SMILES string of the molecule is Cl.O=[P+](O)CC1CCCC(CCCNCc2ccc(Cl)c(Cl)c2)C1. The first-order valence-corrected chi connectivity index (χ1v) is 10.5. The third-order valence-corrected chi connectivity index (χ3v) is 6.15. The molecule has 0 aromatic heterocycles. The Balaban J connectivity index is 0.00000288. The first-order chi connectivity index (χ1) is 11.0. The fourth-order valence-corrected chi connectivity index (χ4v) is 4.54. The molecule has 2 N–H and O–H groups in total. The van der Waals surface area contributed by atoms with E-state index in [4.69, 9.17) is 28.1 Å². The van der Waals surface area contributed by atoms with Crippen LogP contribution in [0.2, 0.25) is 10.0 Å². The van der Waals surface area contributed by atoms with Gasteiger partial charge in [0.1, 0.15) is 0 Å². The van der Waals surface area contributed by atoms with E-state index in [1.807, 2.05) is 18.2 Å². The van der Waals surface area contributed by atoms with Crippen LogP contribution in [0.4, 0.5) is 0 Å². The van der Waals surface area contributed by atoms with Gasteiger partial charge in [-0.25, -0.2) is 0 Å². The first-order valence-electron chi connectivity index (χ1n) is 8.32. The summed E-state index contributed by atoms with van der Waals surface area (Å²) < 4.78 is 11.0. The predicted octanol–water partition coefficient (Wildman–Crippen LogP) is 5.83. The topological polar surface area (TPSA) is 49.3 Å². The lowest BCUT2D eigenvalue weighted by Crippen LogP contribution is -2.20. The maximum Gasteiger partial charge on any atom is 0.505 e. The quantitative estimate of drug-likeness (QED) is 0.416. The van der Waals surface area contributed by atoms with E-state index in [0.29, 0.717) is 22.1 Å². The van der Waals surface area contributed by atoms with Gasteiger partial charge in [0.05, 0.1) is 10.0 Å². The Labute approximate surface area is 161 Å². The molecule has 1 saturated carbocycles. The van der Waals surface area contributed by atoms with Crippen LogP contribution in [-0.2, 0) is 11.1 Å². The number of halogens is 3. The van der Waals surface area contributed by atoms with Gasteiger partial charge in [-0.2, -0.15) is 4.89 Å². The molecule has 1 aliphatic rings. The number of benzene rings is 1. The molecule has 0 bridgehead atoms. The van der Waals surface area contributed by atoms with Gasteiger partial charge in [0.15, 0.2) is 6.16 Å². The van der Waals surface area contributed by atoms with Crippen LogP contribution in [0, 0.1) is 11.8 Å². The number of nitrogens with one attached hydrogen (secondary N) is 1. The molecule has 0 radical (unpaired) electrons. The van der Waals surface area contributed by atoms with E-state index in [9.17, 15) is 4.57 Å². The van der Waals surface area contributed by atoms with Gasteiger partial charge in [-0.05, 0) is 60.4 Å². The molecule has 0 amide bonds. The minimum absolute atomic E-state index is 0. The summed E-state index contributed by atoms with van der Waals surface area (Å²) >= 11 is 11.9. The maximum atomic E-state index is 11.0. The van der Waals surface area contributed by atoms with Crippen LogP contribution in [0.25, 0.3) is 0 Å². The fraction of sp³-hybridized carbons (Fsp3) is 0.647. The van der Waals surface area contributed by atoms with E-state index in [2.05, 4.69) is 5.32 Å². The highest BCUT2D eigenvalue weighted by molar-refractivity contribution is 7.38. The smallest absolute Gasteiger partial charge is 0.313 e. The van der Waals surface area contributed by atoms with Gasteiger partial charge in [0, 0.05) is 12.5 Å². The summed E-state index contributed by atoms with van der Waals surface area (Å²) in [5.74, 6) is 1.17. The van der Waals surface area contributed by atoms with Crippen LogP contribution in [-0.4, -0.2) is 17.6 Å². The summed E-state index contributed by atoms with van der Waals surface area (Å²) in [5, 5.41) is 4.63. The molecule has 0 spiro atoms. The molecule has 136 valence electrons. The van der Waals surface area contributed by atoms with Crippen molar-refractivity contribution < 1.29 is 9.46 Å². The Bertz CT molecular complexity index is 531. The van der Waals surface area contributed by atoms with Gasteiger partial charge in [-0.3, -0.25) is 0 Å². The van der Waals surface area contributed by atoms with Gasteiger partial charge in [0.25, 0.3) is 0 Å². The lowest BCUT2D eigenvalue weighted by Gasteiger charge is -2.26. The van der Waals surface area contributed by atoms with Gasteiger partial charge >= 0.3 is 8.03 Å². The zero-order valence-electron chi connectivity index (χ0n) is 13.7. The normalized spacial score (nSPS) is 21.2. The molecule has 0 heterocycles. The van der Waals surface area contributed by atoms with Crippen molar-refractivity contribution in [2.24, 2.45) is 11.8 Å². The Morgan fingerprint density at radius 2 is 1.96 bits per heavy atom. The summed E-state index contributed by atoms with van der Waals surface area (Å²) in [6.07, 6.45) is 7.54. The number of hydrogen-bond acceptors (Lipinski definition) is 2. The molecule has 0 saturated heterocycles. The third-order valence-electron chi connectivity index (χ3n) is 4.58. The molecule has 3 unspecified atom stereocenters. The van der Waals surface area contributed by atoms with Crippen molar-refractivity contribution in [3.63, 3.8) is 0 Å². The van der Waals surface area contributed by atoms with E-state index in [1.54, 1.807) is 0 Å². The molecular formula is C17H26Cl3NO2P+. The van der Waals surface area contributed by atoms with Crippen molar-refractivity contribution in [2.75, 3.05) is 12.7 Å². The summed E-state index contributed by atoms with van der Waals surface area (Å²) in [7, 11) is -1.97. The van der Waals surface area contributed by atoms with E-state index in [1.165, 1.54) is 19.3 Å². The molecule has 7 heteroatoms. The molecule has 0 aliphatic heterocycles. The highest BCUT2D eigenvalue weighted by Gasteiger charge is 2.27. The van der Waals surface area contributed by atoms with E-state index in [0.717, 1.165) is 43.8 Å². The van der Waals surface area contributed by atoms with Crippen LogP contribution in [0.1, 0.15) is 44.1 Å². The lowest BCUT2D eigenvalue weighted by atomic mass is 9.80. The van der Waals surface area contributed by atoms with Crippen molar-refractivity contribution in [3.05, 3.63) is 33.8 Å². The summed E-state index contributed by atoms with van der Waals surface area (Å²) in [4.78, 5) is 9.06. The van der Waals surface area contributed by atoms with Gasteiger partial charge in [-0.1, -0.05) is 42.1 Å². The van der Waals surface area contributed by atoms with Crippen molar-refractivity contribution in [2.45, 2.75) is 45.1 Å². The summed E-state index contributed by atoms with van der Waals surface area (Å²) in [5.41, 5.74) is 1.14. The minimum Gasteiger partial charge on any atom is -0.313 e. The van der Waals surface area contributed by atoms with Crippen molar-refractivity contribution in [1.82, 2.24) is 5.32 Å². The van der Waals surface area contributed by atoms with Crippen LogP contribution in [0.5, 0.6) is 0 Å². The molecular weight excluding hydrogens is 388 g/mol. The molecule has 1 fully saturated rings. The van der Waals surface area contributed by atoms with Crippen molar-refractivity contribution >= 4 is 43.6 Å². The number of hydrogen-bond donors (Lipinski definition) is 2. The van der Waals surface area contributed by atoms with Crippen LogP contribution in [0.3, 0.4) is 0 Å². The molecule has 3 atom stereocenters. The van der Waals surface area contributed by atoms with Gasteiger partial charge in [0.2, 0.25) is 0 Å². The second-order valence-electron chi connectivity index (χ2n) is 6.50. The fourth-order valence-electron chi connectivity index (χ4n) is 3.45. The van der Waals surface area contributed by atoms with Crippen molar-refractivity contribution in [3.8, 4) is 0 Å². The first kappa shape index (κ1) is 22.2. The van der Waals surface area contributed by atoms with Crippen LogP contribution < -0.4 is 5.32 Å². The van der Waals surface area contributed by atoms with Gasteiger partial charge < -0.3 is 5.32 Å². The molecule has 1 aliphatic carbocycles. The average molecular weight is 414 g/mol. The van der Waals surface area contributed by atoms with E-state index >= 15 is 0 Å². The monoisotopic (exact) mass is 412 g/mol. The third kappa shape index (κ3) is 7.99. The van der Waals surface area contributed by atoms with E-state index in [-0.39, 0.29) is 12.4 Å². The molecule has 1 aromatic carbocycles.